The van der Waals surface area contributed by atoms with Crippen LogP contribution in [0.25, 0.3) is 0 Å². The molecule has 2 aromatic carbocycles. The first kappa shape index (κ1) is 15.9. The Morgan fingerprint density at radius 2 is 1.95 bits per heavy atom. The van der Waals surface area contributed by atoms with Crippen LogP contribution < -0.4 is 10.1 Å². The van der Waals surface area contributed by atoms with Gasteiger partial charge >= 0.3 is 0 Å². The molecule has 22 heavy (non-hydrogen) atoms. The van der Waals surface area contributed by atoms with Crippen LogP contribution >= 0.6 is 0 Å². The Labute approximate surface area is 127 Å². The molecule has 0 aliphatic rings. The van der Waals surface area contributed by atoms with Gasteiger partial charge in [-0.1, -0.05) is 18.2 Å². The summed E-state index contributed by atoms with van der Waals surface area (Å²) >= 11 is 0. The van der Waals surface area contributed by atoms with Gasteiger partial charge in [-0.15, -0.1) is 0 Å². The average Bonchev–Trinajstić information content (AvgIpc) is 2.48. The van der Waals surface area contributed by atoms with E-state index in [1.807, 2.05) is 25.1 Å². The Morgan fingerprint density at radius 3 is 2.68 bits per heavy atom. The van der Waals surface area contributed by atoms with Gasteiger partial charge in [-0.05, 0) is 43.7 Å². The monoisotopic (exact) mass is 305 g/mol. The molecule has 0 saturated carbocycles. The van der Waals surface area contributed by atoms with Crippen molar-refractivity contribution >= 4 is 5.91 Å². The second kappa shape index (κ2) is 7.02. The van der Waals surface area contributed by atoms with Crippen LogP contribution in [0, 0.1) is 18.6 Å². The molecule has 0 fully saturated rings. The van der Waals surface area contributed by atoms with Gasteiger partial charge in [0.15, 0.2) is 6.61 Å². The molecule has 116 valence electrons. The summed E-state index contributed by atoms with van der Waals surface area (Å²) in [5, 5.41) is 2.58. The van der Waals surface area contributed by atoms with Crippen LogP contribution in [-0.2, 0) is 4.79 Å². The van der Waals surface area contributed by atoms with Crippen molar-refractivity contribution in [2.24, 2.45) is 0 Å². The van der Waals surface area contributed by atoms with Crippen LogP contribution in [0.2, 0.25) is 0 Å². The molecule has 0 heterocycles. The summed E-state index contributed by atoms with van der Waals surface area (Å²) in [5.41, 5.74) is 1.02. The molecule has 2 aromatic rings. The van der Waals surface area contributed by atoms with Gasteiger partial charge in [0.1, 0.15) is 17.4 Å². The van der Waals surface area contributed by atoms with Crippen molar-refractivity contribution in [1.82, 2.24) is 5.32 Å². The average molecular weight is 305 g/mol. The zero-order valence-corrected chi connectivity index (χ0v) is 12.4. The quantitative estimate of drug-likeness (QED) is 0.917. The van der Waals surface area contributed by atoms with Crippen molar-refractivity contribution in [2.75, 3.05) is 6.61 Å². The Morgan fingerprint density at radius 1 is 1.23 bits per heavy atom. The van der Waals surface area contributed by atoms with E-state index in [1.165, 1.54) is 0 Å². The molecule has 1 N–H and O–H groups in total. The summed E-state index contributed by atoms with van der Waals surface area (Å²) in [5.74, 6) is -0.899. The van der Waals surface area contributed by atoms with Gasteiger partial charge in [0, 0.05) is 5.56 Å². The molecular formula is C17H17F2NO2. The van der Waals surface area contributed by atoms with Crippen LogP contribution in [0.5, 0.6) is 5.75 Å². The molecule has 0 bridgehead atoms. The lowest BCUT2D eigenvalue weighted by Crippen LogP contribution is -2.31. The maximum Gasteiger partial charge on any atom is 0.258 e. The Balaban J connectivity index is 1.94. The third-order valence-corrected chi connectivity index (χ3v) is 3.25. The Kier molecular flexibility index (Phi) is 5.09. The second-order valence-corrected chi connectivity index (χ2v) is 5.01. The standard InChI is InChI=1S/C17H17F2NO2/c1-11-5-3-4-6-16(11)22-10-17(21)20-12(2)14-9-13(18)7-8-15(14)19/h3-9,12H,10H2,1-2H3,(H,20,21). The lowest BCUT2D eigenvalue weighted by Gasteiger charge is -2.16. The summed E-state index contributed by atoms with van der Waals surface area (Å²) < 4.78 is 32.2. The lowest BCUT2D eigenvalue weighted by molar-refractivity contribution is -0.123. The number of benzene rings is 2. The Hall–Kier alpha value is -2.43. The summed E-state index contributed by atoms with van der Waals surface area (Å²) in [6.45, 7) is 3.27. The van der Waals surface area contributed by atoms with E-state index >= 15 is 0 Å². The molecule has 0 radical (unpaired) electrons. The van der Waals surface area contributed by atoms with Crippen LogP contribution in [0.3, 0.4) is 0 Å². The number of aryl methyl sites for hydroxylation is 1. The predicted molar refractivity (Wildman–Crippen MR) is 79.6 cm³/mol. The van der Waals surface area contributed by atoms with Crippen molar-refractivity contribution in [3.63, 3.8) is 0 Å². The molecule has 1 amide bonds. The van der Waals surface area contributed by atoms with Crippen LogP contribution in [0.4, 0.5) is 8.78 Å². The summed E-state index contributed by atoms with van der Waals surface area (Å²) in [6, 6.07) is 9.82. The molecule has 0 spiro atoms. The van der Waals surface area contributed by atoms with Gasteiger partial charge in [0.2, 0.25) is 0 Å². The second-order valence-electron chi connectivity index (χ2n) is 5.01. The van der Waals surface area contributed by atoms with Crippen molar-refractivity contribution in [3.05, 3.63) is 65.2 Å². The first-order valence-corrected chi connectivity index (χ1v) is 6.90. The minimum atomic E-state index is -0.649. The van der Waals surface area contributed by atoms with Crippen LogP contribution in [0.15, 0.2) is 42.5 Å². The number of halogens is 2. The zero-order chi connectivity index (χ0) is 16.1. The first-order valence-electron chi connectivity index (χ1n) is 6.90. The zero-order valence-electron chi connectivity index (χ0n) is 12.4. The van der Waals surface area contributed by atoms with E-state index in [4.69, 9.17) is 4.74 Å². The highest BCUT2D eigenvalue weighted by molar-refractivity contribution is 5.78. The lowest BCUT2D eigenvalue weighted by atomic mass is 10.1. The van der Waals surface area contributed by atoms with Crippen LogP contribution in [-0.4, -0.2) is 12.5 Å². The minimum Gasteiger partial charge on any atom is -0.484 e. The highest BCUT2D eigenvalue weighted by atomic mass is 19.1. The number of carbonyl (C=O) groups is 1. The van der Waals surface area contributed by atoms with Gasteiger partial charge in [-0.3, -0.25) is 4.79 Å². The van der Waals surface area contributed by atoms with Gasteiger partial charge in [-0.2, -0.15) is 0 Å². The molecule has 0 aromatic heterocycles. The van der Waals surface area contributed by atoms with Gasteiger partial charge < -0.3 is 10.1 Å². The predicted octanol–water partition coefficient (Wildman–Crippen LogP) is 3.53. The molecule has 0 aliphatic carbocycles. The van der Waals surface area contributed by atoms with Crippen molar-refractivity contribution in [2.45, 2.75) is 19.9 Å². The van der Waals surface area contributed by atoms with Gasteiger partial charge in [-0.25, -0.2) is 8.78 Å². The SMILES string of the molecule is Cc1ccccc1OCC(=O)NC(C)c1cc(F)ccc1F. The third kappa shape index (κ3) is 4.04. The maximum atomic E-state index is 13.6. The molecular weight excluding hydrogens is 288 g/mol. The third-order valence-electron chi connectivity index (χ3n) is 3.25. The highest BCUT2D eigenvalue weighted by Gasteiger charge is 2.15. The minimum absolute atomic E-state index is 0.101. The topological polar surface area (TPSA) is 38.3 Å². The Bertz CT molecular complexity index is 673. The number of ether oxygens (including phenoxy) is 1. The molecule has 0 aliphatic heterocycles. The van der Waals surface area contributed by atoms with E-state index in [0.29, 0.717) is 5.75 Å². The number of nitrogens with one attached hydrogen (secondary N) is 1. The van der Waals surface area contributed by atoms with Crippen LogP contribution in [0.1, 0.15) is 24.1 Å². The van der Waals surface area contributed by atoms with Crippen molar-refractivity contribution < 1.29 is 18.3 Å². The maximum absolute atomic E-state index is 13.6. The molecule has 5 heteroatoms. The van der Waals surface area contributed by atoms with E-state index in [-0.39, 0.29) is 12.2 Å². The number of hydrogen-bond acceptors (Lipinski definition) is 2. The van der Waals surface area contributed by atoms with Crippen molar-refractivity contribution in [1.29, 1.82) is 0 Å². The number of hydrogen-bond donors (Lipinski definition) is 1. The smallest absolute Gasteiger partial charge is 0.258 e. The number of rotatable bonds is 5. The molecule has 2 rings (SSSR count). The van der Waals surface area contributed by atoms with E-state index < -0.39 is 23.6 Å². The van der Waals surface area contributed by atoms with E-state index in [9.17, 15) is 13.6 Å². The fourth-order valence-electron chi connectivity index (χ4n) is 2.07. The van der Waals surface area contributed by atoms with E-state index in [2.05, 4.69) is 5.32 Å². The summed E-state index contributed by atoms with van der Waals surface area (Å²) in [7, 11) is 0. The number of amides is 1. The molecule has 1 unspecified atom stereocenters. The normalized spacial score (nSPS) is 11.8. The van der Waals surface area contributed by atoms with E-state index in [1.54, 1.807) is 13.0 Å². The van der Waals surface area contributed by atoms with Gasteiger partial charge in [0.05, 0.1) is 6.04 Å². The van der Waals surface area contributed by atoms with Crippen molar-refractivity contribution in [3.8, 4) is 5.75 Å². The molecule has 0 saturated heterocycles. The largest absolute Gasteiger partial charge is 0.484 e. The number of para-hydroxylation sites is 1. The fourth-order valence-corrected chi connectivity index (χ4v) is 2.07. The summed E-state index contributed by atoms with van der Waals surface area (Å²) in [4.78, 5) is 11.9. The molecule has 3 nitrogen and oxygen atoms in total. The first-order chi connectivity index (χ1) is 10.5. The summed E-state index contributed by atoms with van der Waals surface area (Å²) in [6.07, 6.45) is 0. The highest BCUT2D eigenvalue weighted by Crippen LogP contribution is 2.18. The molecule has 1 atom stereocenters. The van der Waals surface area contributed by atoms with Gasteiger partial charge in [0.25, 0.3) is 5.91 Å². The number of carbonyl (C=O) groups excluding carboxylic acids is 1. The van der Waals surface area contributed by atoms with E-state index in [0.717, 1.165) is 23.8 Å². The fraction of sp³-hybridized carbons (Fsp3) is 0.235.